The molecule has 1 atom stereocenters. The second kappa shape index (κ2) is 8.91. The van der Waals surface area contributed by atoms with Crippen LogP contribution in [0.2, 0.25) is 0 Å². The number of benzene rings is 2. The number of para-hydroxylation sites is 1. The third-order valence-corrected chi connectivity index (χ3v) is 4.76. The number of esters is 1. The number of rotatable bonds is 8. The minimum atomic E-state index is -3.40. The van der Waals surface area contributed by atoms with Crippen LogP contribution in [0.15, 0.2) is 67.0 Å². The Morgan fingerprint density at radius 1 is 1.10 bits per heavy atom. The summed E-state index contributed by atoms with van der Waals surface area (Å²) in [6, 6.07) is 15.4. The molecule has 0 aliphatic heterocycles. The van der Waals surface area contributed by atoms with Gasteiger partial charge in [-0.25, -0.2) is 13.1 Å². The smallest absolute Gasteiger partial charge is 0.311 e. The Hall–Kier alpha value is -3.46. The van der Waals surface area contributed by atoms with Crippen molar-refractivity contribution in [3.05, 3.63) is 78.1 Å². The number of nitrogens with one attached hydrogen (secondary N) is 1. The van der Waals surface area contributed by atoms with Gasteiger partial charge < -0.3 is 4.74 Å². The maximum atomic E-state index is 12.5. The first kappa shape index (κ1) is 21.3. The zero-order valence-corrected chi connectivity index (χ0v) is 17.3. The number of hydrogen-bond donors (Lipinski definition) is 1. The molecule has 1 N–H and O–H groups in total. The van der Waals surface area contributed by atoms with Gasteiger partial charge in [0.1, 0.15) is 0 Å². The van der Waals surface area contributed by atoms with Gasteiger partial charge in [-0.2, -0.15) is 5.10 Å². The number of sulfonamides is 1. The molecule has 0 saturated carbocycles. The minimum Gasteiger partial charge on any atom is -0.454 e. The number of nitrogens with zero attached hydrogens (tertiary/aromatic N) is 2. The van der Waals surface area contributed by atoms with Gasteiger partial charge in [-0.1, -0.05) is 18.2 Å². The molecule has 0 fully saturated rings. The fourth-order valence-corrected chi connectivity index (χ4v) is 3.35. The van der Waals surface area contributed by atoms with E-state index in [0.29, 0.717) is 16.8 Å². The second-order valence-corrected chi connectivity index (χ2v) is 8.50. The quantitative estimate of drug-likeness (QED) is 0.437. The van der Waals surface area contributed by atoms with Gasteiger partial charge in [0.05, 0.1) is 24.6 Å². The second-order valence-electron chi connectivity index (χ2n) is 6.75. The summed E-state index contributed by atoms with van der Waals surface area (Å²) in [6.45, 7) is 1.50. The highest BCUT2D eigenvalue weighted by molar-refractivity contribution is 7.92. The highest BCUT2D eigenvalue weighted by atomic mass is 32.2. The summed E-state index contributed by atoms with van der Waals surface area (Å²) in [5, 5.41) is 4.23. The normalized spacial score (nSPS) is 12.2. The molecule has 0 aliphatic rings. The largest absolute Gasteiger partial charge is 0.454 e. The summed E-state index contributed by atoms with van der Waals surface area (Å²) in [7, 11) is -3.40. The van der Waals surface area contributed by atoms with E-state index in [1.807, 2.05) is 30.3 Å². The van der Waals surface area contributed by atoms with Crippen molar-refractivity contribution in [1.29, 1.82) is 0 Å². The Morgan fingerprint density at radius 3 is 2.40 bits per heavy atom. The molecule has 0 aliphatic carbocycles. The summed E-state index contributed by atoms with van der Waals surface area (Å²) in [5.74, 6) is -0.923. The molecular formula is C21H21N3O5S. The highest BCUT2D eigenvalue weighted by Gasteiger charge is 2.20. The zero-order valence-electron chi connectivity index (χ0n) is 16.5. The number of carbonyl (C=O) groups excluding carboxylic acids is 2. The molecule has 0 bridgehead atoms. The van der Waals surface area contributed by atoms with Gasteiger partial charge >= 0.3 is 5.97 Å². The van der Waals surface area contributed by atoms with Crippen LogP contribution in [-0.4, -0.2) is 42.3 Å². The fraction of sp³-hybridized carbons (Fsp3) is 0.190. The first-order chi connectivity index (χ1) is 14.2. The summed E-state index contributed by atoms with van der Waals surface area (Å²) in [5.41, 5.74) is 2.19. The minimum absolute atomic E-state index is 0.0122. The van der Waals surface area contributed by atoms with Crippen molar-refractivity contribution >= 4 is 27.5 Å². The van der Waals surface area contributed by atoms with E-state index in [1.54, 1.807) is 17.1 Å². The van der Waals surface area contributed by atoms with Crippen LogP contribution in [0.4, 0.5) is 5.69 Å². The van der Waals surface area contributed by atoms with Crippen molar-refractivity contribution in [3.63, 3.8) is 0 Å². The lowest BCUT2D eigenvalue weighted by molar-refractivity contribution is -0.145. The predicted molar refractivity (Wildman–Crippen MR) is 112 cm³/mol. The number of ether oxygens (including phenoxy) is 1. The average molecular weight is 427 g/mol. The van der Waals surface area contributed by atoms with E-state index in [4.69, 9.17) is 4.74 Å². The first-order valence-corrected chi connectivity index (χ1v) is 11.0. The molecule has 2 aromatic carbocycles. The Bertz CT molecular complexity index is 1140. The Kier molecular flexibility index (Phi) is 6.31. The van der Waals surface area contributed by atoms with Gasteiger partial charge in [0.15, 0.2) is 6.10 Å². The lowest BCUT2D eigenvalue weighted by Crippen LogP contribution is -2.25. The molecule has 1 heterocycles. The van der Waals surface area contributed by atoms with Crippen LogP contribution < -0.4 is 4.72 Å². The van der Waals surface area contributed by atoms with E-state index in [-0.39, 0.29) is 12.2 Å². The molecule has 8 nitrogen and oxygen atoms in total. The number of anilines is 1. The Labute approximate surface area is 174 Å². The zero-order chi connectivity index (χ0) is 21.7. The average Bonchev–Trinajstić information content (AvgIpc) is 3.15. The lowest BCUT2D eigenvalue weighted by Gasteiger charge is -2.12. The van der Waals surface area contributed by atoms with Crippen molar-refractivity contribution in [3.8, 4) is 5.69 Å². The molecule has 156 valence electrons. The van der Waals surface area contributed by atoms with Crippen LogP contribution in [0.1, 0.15) is 22.8 Å². The van der Waals surface area contributed by atoms with Crippen molar-refractivity contribution in [2.24, 2.45) is 0 Å². The van der Waals surface area contributed by atoms with Crippen molar-refractivity contribution in [2.75, 3.05) is 11.0 Å². The number of Topliss-reactive ketones (excluding diaryl/α,β-unsaturated/α-hetero) is 1. The van der Waals surface area contributed by atoms with Crippen molar-refractivity contribution in [1.82, 2.24) is 9.78 Å². The van der Waals surface area contributed by atoms with E-state index < -0.39 is 22.1 Å². The molecule has 30 heavy (non-hydrogen) atoms. The molecule has 9 heteroatoms. The van der Waals surface area contributed by atoms with Crippen molar-refractivity contribution in [2.45, 2.75) is 19.4 Å². The maximum absolute atomic E-state index is 12.5. The third-order valence-electron chi connectivity index (χ3n) is 4.16. The van der Waals surface area contributed by atoms with Crippen LogP contribution in [0.3, 0.4) is 0 Å². The molecule has 0 radical (unpaired) electrons. The maximum Gasteiger partial charge on any atom is 0.311 e. The van der Waals surface area contributed by atoms with E-state index in [1.165, 1.54) is 31.2 Å². The number of hydrogen-bond acceptors (Lipinski definition) is 6. The van der Waals surface area contributed by atoms with Crippen LogP contribution in [0.25, 0.3) is 5.69 Å². The summed E-state index contributed by atoms with van der Waals surface area (Å²) < 4.78 is 31.7. The molecule has 3 rings (SSSR count). The van der Waals surface area contributed by atoms with Gasteiger partial charge in [0.25, 0.3) is 0 Å². The summed E-state index contributed by atoms with van der Waals surface area (Å²) >= 11 is 0. The monoisotopic (exact) mass is 427 g/mol. The van der Waals surface area contributed by atoms with Gasteiger partial charge in [-0.15, -0.1) is 0 Å². The number of carbonyl (C=O) groups is 2. The van der Waals surface area contributed by atoms with Crippen LogP contribution in [0.5, 0.6) is 0 Å². The van der Waals surface area contributed by atoms with Gasteiger partial charge in [0.2, 0.25) is 15.8 Å². The summed E-state index contributed by atoms with van der Waals surface area (Å²) in [4.78, 5) is 24.7. The predicted octanol–water partition coefficient (Wildman–Crippen LogP) is 2.60. The van der Waals surface area contributed by atoms with Crippen LogP contribution >= 0.6 is 0 Å². The Morgan fingerprint density at radius 2 is 1.77 bits per heavy atom. The van der Waals surface area contributed by atoms with E-state index in [0.717, 1.165) is 11.9 Å². The molecule has 0 amide bonds. The van der Waals surface area contributed by atoms with Gasteiger partial charge in [0, 0.05) is 23.0 Å². The molecule has 0 unspecified atom stereocenters. The van der Waals surface area contributed by atoms with E-state index in [9.17, 15) is 18.0 Å². The third kappa shape index (κ3) is 5.77. The van der Waals surface area contributed by atoms with Crippen LogP contribution in [-0.2, 0) is 26.0 Å². The number of aromatic nitrogens is 2. The van der Waals surface area contributed by atoms with Gasteiger partial charge in [-0.3, -0.25) is 14.3 Å². The standard InChI is InChI=1S/C21H21N3O5S/c1-15(21(26)17-8-10-18(11-9-17)23-30(2,27)28)29-20(25)12-16-13-22-24(14-16)19-6-4-3-5-7-19/h3-11,13-15,23H,12H2,1-2H3/t15-/m1/s1. The first-order valence-electron chi connectivity index (χ1n) is 9.12. The van der Waals surface area contributed by atoms with Crippen molar-refractivity contribution < 1.29 is 22.7 Å². The van der Waals surface area contributed by atoms with E-state index in [2.05, 4.69) is 9.82 Å². The highest BCUT2D eigenvalue weighted by Crippen LogP contribution is 2.14. The SMILES string of the molecule is C[C@@H](OC(=O)Cc1cnn(-c2ccccc2)c1)C(=O)c1ccc(NS(C)(=O)=O)cc1. The number of ketones is 1. The lowest BCUT2D eigenvalue weighted by atomic mass is 10.1. The molecule has 0 spiro atoms. The molecule has 1 aromatic heterocycles. The molecular weight excluding hydrogens is 406 g/mol. The molecule has 3 aromatic rings. The summed E-state index contributed by atoms with van der Waals surface area (Å²) in [6.07, 6.45) is 3.36. The Balaban J connectivity index is 1.57. The van der Waals surface area contributed by atoms with E-state index >= 15 is 0 Å². The topological polar surface area (TPSA) is 107 Å². The molecule has 0 saturated heterocycles. The van der Waals surface area contributed by atoms with Gasteiger partial charge in [-0.05, 0) is 43.3 Å². The fourth-order valence-electron chi connectivity index (χ4n) is 2.78. The van der Waals surface area contributed by atoms with Crippen LogP contribution in [0, 0.1) is 0 Å².